The molecule has 8 heteroatoms. The Kier molecular flexibility index (Phi) is 3.45. The number of sulfonamides is 1. The summed E-state index contributed by atoms with van der Waals surface area (Å²) >= 11 is 0. The van der Waals surface area contributed by atoms with E-state index in [4.69, 9.17) is 5.73 Å². The van der Waals surface area contributed by atoms with E-state index in [0.29, 0.717) is 0 Å². The molecular weight excluding hydrogens is 268 g/mol. The number of nitrogens with two attached hydrogens (primary N) is 1. The molecule has 0 saturated heterocycles. The first-order chi connectivity index (χ1) is 8.91. The first-order valence-electron chi connectivity index (χ1n) is 5.44. The Morgan fingerprint density at radius 3 is 2.53 bits per heavy atom. The van der Waals surface area contributed by atoms with Crippen LogP contribution in [0.15, 0.2) is 35.4 Å². The fraction of sp³-hybridized carbons (Fsp3) is 0.182. The number of aromatic nitrogens is 2. The number of H-pyrrole nitrogens is 1. The number of benzene rings is 1. The first kappa shape index (κ1) is 13.4. The molecule has 0 bridgehead atoms. The Hall–Kier alpha value is -2.06. The second kappa shape index (κ2) is 4.90. The maximum Gasteiger partial charge on any atom is 0.248 e. The SMILES string of the molecule is CN(Cc1ccc(O)cc1)S(=O)(=O)c1cn[nH]c1N. The molecule has 19 heavy (non-hydrogen) atoms. The molecule has 4 N–H and O–H groups in total. The predicted molar refractivity (Wildman–Crippen MR) is 69.8 cm³/mol. The van der Waals surface area contributed by atoms with Gasteiger partial charge >= 0.3 is 0 Å². The van der Waals surface area contributed by atoms with Crippen LogP contribution in [0.3, 0.4) is 0 Å². The third kappa shape index (κ3) is 2.69. The lowest BCUT2D eigenvalue weighted by Gasteiger charge is -2.16. The van der Waals surface area contributed by atoms with Crippen LogP contribution in [0.4, 0.5) is 5.82 Å². The van der Waals surface area contributed by atoms with E-state index in [0.717, 1.165) is 5.56 Å². The number of aromatic hydroxyl groups is 1. The van der Waals surface area contributed by atoms with E-state index < -0.39 is 10.0 Å². The summed E-state index contributed by atoms with van der Waals surface area (Å²) < 4.78 is 25.6. The van der Waals surface area contributed by atoms with Crippen LogP contribution in [0.1, 0.15) is 5.56 Å². The lowest BCUT2D eigenvalue weighted by molar-refractivity contribution is 0.464. The fourth-order valence-corrected chi connectivity index (χ4v) is 2.77. The molecule has 0 aliphatic heterocycles. The van der Waals surface area contributed by atoms with Gasteiger partial charge in [0.05, 0.1) is 6.20 Å². The van der Waals surface area contributed by atoms with Gasteiger partial charge in [0, 0.05) is 13.6 Å². The molecule has 0 radical (unpaired) electrons. The summed E-state index contributed by atoms with van der Waals surface area (Å²) in [5.41, 5.74) is 6.28. The second-order valence-electron chi connectivity index (χ2n) is 4.08. The van der Waals surface area contributed by atoms with Crippen LogP contribution in [0, 0.1) is 0 Å². The van der Waals surface area contributed by atoms with Crippen molar-refractivity contribution in [2.45, 2.75) is 11.4 Å². The summed E-state index contributed by atoms with van der Waals surface area (Å²) in [6.45, 7) is 0.174. The van der Waals surface area contributed by atoms with Crippen molar-refractivity contribution in [1.82, 2.24) is 14.5 Å². The summed E-state index contributed by atoms with van der Waals surface area (Å²) in [6, 6.07) is 6.31. The van der Waals surface area contributed by atoms with Crippen LogP contribution in [-0.2, 0) is 16.6 Å². The van der Waals surface area contributed by atoms with Gasteiger partial charge in [-0.2, -0.15) is 9.40 Å². The monoisotopic (exact) mass is 282 g/mol. The minimum absolute atomic E-state index is 0.0116. The molecule has 0 fully saturated rings. The second-order valence-corrected chi connectivity index (χ2v) is 6.09. The zero-order valence-corrected chi connectivity index (χ0v) is 11.1. The molecule has 102 valence electrons. The van der Waals surface area contributed by atoms with E-state index in [1.54, 1.807) is 12.1 Å². The molecule has 0 unspecified atom stereocenters. The zero-order valence-electron chi connectivity index (χ0n) is 10.2. The largest absolute Gasteiger partial charge is 0.508 e. The average Bonchev–Trinajstić information content (AvgIpc) is 2.79. The quantitative estimate of drug-likeness (QED) is 0.756. The molecule has 0 saturated carbocycles. The summed E-state index contributed by atoms with van der Waals surface area (Å²) in [7, 11) is -2.23. The van der Waals surface area contributed by atoms with E-state index >= 15 is 0 Å². The average molecular weight is 282 g/mol. The molecule has 2 aromatic rings. The van der Waals surface area contributed by atoms with E-state index in [-0.39, 0.29) is 23.0 Å². The Morgan fingerprint density at radius 1 is 1.37 bits per heavy atom. The van der Waals surface area contributed by atoms with Crippen molar-refractivity contribution in [2.75, 3.05) is 12.8 Å². The number of nitrogen functional groups attached to an aromatic ring is 1. The van der Waals surface area contributed by atoms with Crippen molar-refractivity contribution in [1.29, 1.82) is 0 Å². The first-order valence-corrected chi connectivity index (χ1v) is 6.88. The van der Waals surface area contributed by atoms with Crippen molar-refractivity contribution in [2.24, 2.45) is 0 Å². The summed E-state index contributed by atoms with van der Waals surface area (Å²) in [5, 5.41) is 15.2. The van der Waals surface area contributed by atoms with Gasteiger partial charge in [-0.15, -0.1) is 0 Å². The molecule has 0 aliphatic carbocycles. The van der Waals surface area contributed by atoms with Crippen molar-refractivity contribution in [3.8, 4) is 5.75 Å². The van der Waals surface area contributed by atoms with E-state index in [1.807, 2.05) is 0 Å². The highest BCUT2D eigenvalue weighted by molar-refractivity contribution is 7.89. The number of anilines is 1. The highest BCUT2D eigenvalue weighted by Gasteiger charge is 2.24. The van der Waals surface area contributed by atoms with Crippen molar-refractivity contribution in [3.05, 3.63) is 36.0 Å². The number of hydrogen-bond acceptors (Lipinski definition) is 5. The molecular formula is C11H14N4O3S. The smallest absolute Gasteiger partial charge is 0.248 e. The number of aromatic amines is 1. The molecule has 2 rings (SSSR count). The minimum atomic E-state index is -3.68. The van der Waals surface area contributed by atoms with Gasteiger partial charge in [-0.25, -0.2) is 8.42 Å². The molecule has 1 heterocycles. The predicted octanol–water partition coefficient (Wildman–Crippen LogP) is 0.518. The van der Waals surface area contributed by atoms with Crippen LogP contribution in [0.5, 0.6) is 5.75 Å². The minimum Gasteiger partial charge on any atom is -0.508 e. The molecule has 0 aliphatic rings. The normalized spacial score (nSPS) is 11.9. The maximum absolute atomic E-state index is 12.2. The van der Waals surface area contributed by atoms with Gasteiger partial charge in [-0.1, -0.05) is 12.1 Å². The van der Waals surface area contributed by atoms with Gasteiger partial charge in [0.2, 0.25) is 10.0 Å². The van der Waals surface area contributed by atoms with Crippen LogP contribution in [0.25, 0.3) is 0 Å². The lowest BCUT2D eigenvalue weighted by Crippen LogP contribution is -2.26. The van der Waals surface area contributed by atoms with Crippen molar-refractivity contribution < 1.29 is 13.5 Å². The number of phenols is 1. The van der Waals surface area contributed by atoms with Crippen LogP contribution in [0.2, 0.25) is 0 Å². The topological polar surface area (TPSA) is 112 Å². The maximum atomic E-state index is 12.2. The van der Waals surface area contributed by atoms with Gasteiger partial charge < -0.3 is 10.8 Å². The molecule has 1 aromatic carbocycles. The zero-order chi connectivity index (χ0) is 14.0. The Labute approximate surface area is 110 Å². The Morgan fingerprint density at radius 2 is 2.00 bits per heavy atom. The third-order valence-electron chi connectivity index (χ3n) is 2.66. The fourth-order valence-electron chi connectivity index (χ4n) is 1.60. The Bertz CT molecular complexity index is 664. The number of phenolic OH excluding ortho intramolecular Hbond substituents is 1. The summed E-state index contributed by atoms with van der Waals surface area (Å²) in [4.78, 5) is -0.0474. The molecule has 0 atom stereocenters. The van der Waals surface area contributed by atoms with E-state index in [1.165, 1.54) is 29.7 Å². The number of rotatable bonds is 4. The van der Waals surface area contributed by atoms with Crippen LogP contribution < -0.4 is 5.73 Å². The highest BCUT2D eigenvalue weighted by atomic mass is 32.2. The van der Waals surface area contributed by atoms with Gasteiger partial charge in [0.1, 0.15) is 16.5 Å². The molecule has 1 aromatic heterocycles. The number of hydrogen-bond donors (Lipinski definition) is 3. The lowest BCUT2D eigenvalue weighted by atomic mass is 10.2. The summed E-state index contributed by atoms with van der Waals surface area (Å²) in [6.07, 6.45) is 1.18. The van der Waals surface area contributed by atoms with E-state index in [9.17, 15) is 13.5 Å². The van der Waals surface area contributed by atoms with Gasteiger partial charge in [0.15, 0.2) is 0 Å². The summed E-state index contributed by atoms with van der Waals surface area (Å²) in [5.74, 6) is 0.144. The third-order valence-corrected chi connectivity index (χ3v) is 4.49. The van der Waals surface area contributed by atoms with Crippen LogP contribution in [-0.4, -0.2) is 35.1 Å². The number of nitrogens with zero attached hydrogens (tertiary/aromatic N) is 2. The molecule has 0 spiro atoms. The highest BCUT2D eigenvalue weighted by Crippen LogP contribution is 2.20. The van der Waals surface area contributed by atoms with Gasteiger partial charge in [-0.05, 0) is 17.7 Å². The van der Waals surface area contributed by atoms with E-state index in [2.05, 4.69) is 10.2 Å². The van der Waals surface area contributed by atoms with Crippen molar-refractivity contribution >= 4 is 15.8 Å². The standard InChI is InChI=1S/C11H14N4O3S/c1-15(7-8-2-4-9(16)5-3-8)19(17,18)10-6-13-14-11(10)12/h2-6,16H,7H2,1H3,(H3,12,13,14). The van der Waals surface area contributed by atoms with Crippen molar-refractivity contribution in [3.63, 3.8) is 0 Å². The molecule has 0 amide bonds. The molecule has 7 nitrogen and oxygen atoms in total. The van der Waals surface area contributed by atoms with Crippen LogP contribution >= 0.6 is 0 Å². The Balaban J connectivity index is 2.22. The van der Waals surface area contributed by atoms with Gasteiger partial charge in [-0.3, -0.25) is 5.10 Å². The van der Waals surface area contributed by atoms with Gasteiger partial charge in [0.25, 0.3) is 0 Å². The number of nitrogens with one attached hydrogen (secondary N) is 1.